The Hall–Kier alpha value is -1.34. The van der Waals surface area contributed by atoms with Gasteiger partial charge < -0.3 is 15.4 Å². The van der Waals surface area contributed by atoms with Gasteiger partial charge in [0.05, 0.1) is 12.8 Å². The summed E-state index contributed by atoms with van der Waals surface area (Å²) in [5.74, 6) is 0.543. The number of fused-ring (bicyclic) bond motifs is 1. The molecule has 6 nitrogen and oxygen atoms in total. The number of carbonyl (C=O) groups is 1. The molecule has 1 fully saturated rings. The molecule has 2 atom stereocenters. The first kappa shape index (κ1) is 16.5. The standard InChI is InChI=1S/C16H26N4O2S/c1-3-19(9-11-6-7-20(10-11)16(21)22-2)12-4-5-13-14(8-12)23-15(17)18-13/h11-12H,3-10H2,1-2H3,(H2,17,18). The molecule has 1 aromatic heterocycles. The van der Waals surface area contributed by atoms with Crippen molar-refractivity contribution >= 4 is 22.6 Å². The van der Waals surface area contributed by atoms with Crippen molar-refractivity contribution in [1.29, 1.82) is 0 Å². The van der Waals surface area contributed by atoms with Crippen LogP contribution in [0.4, 0.5) is 9.93 Å². The molecule has 128 valence electrons. The average Bonchev–Trinajstić information content (AvgIpc) is 3.16. The summed E-state index contributed by atoms with van der Waals surface area (Å²) in [4.78, 5) is 21.8. The molecule has 0 spiro atoms. The van der Waals surface area contributed by atoms with Crippen molar-refractivity contribution in [3.63, 3.8) is 0 Å². The molecule has 7 heteroatoms. The zero-order valence-corrected chi connectivity index (χ0v) is 14.8. The van der Waals surface area contributed by atoms with Gasteiger partial charge in [0, 0.05) is 30.6 Å². The molecular weight excluding hydrogens is 312 g/mol. The molecule has 0 bridgehead atoms. The van der Waals surface area contributed by atoms with Crippen molar-refractivity contribution in [2.24, 2.45) is 5.92 Å². The normalized spacial score (nSPS) is 24.0. The number of thiazole rings is 1. The molecule has 1 saturated heterocycles. The summed E-state index contributed by atoms with van der Waals surface area (Å²) < 4.78 is 4.83. The summed E-state index contributed by atoms with van der Waals surface area (Å²) in [6, 6.07) is 0.569. The Morgan fingerprint density at radius 2 is 2.35 bits per heavy atom. The average molecular weight is 338 g/mol. The topological polar surface area (TPSA) is 71.7 Å². The number of rotatable bonds is 4. The Labute approximate surface area is 141 Å². The van der Waals surface area contributed by atoms with E-state index in [1.54, 1.807) is 11.3 Å². The highest BCUT2D eigenvalue weighted by atomic mass is 32.1. The van der Waals surface area contributed by atoms with E-state index in [4.69, 9.17) is 10.5 Å². The van der Waals surface area contributed by atoms with E-state index in [9.17, 15) is 4.79 Å². The van der Waals surface area contributed by atoms with Crippen molar-refractivity contribution in [2.45, 2.75) is 38.6 Å². The lowest BCUT2D eigenvalue weighted by Crippen LogP contribution is -2.42. The number of amides is 1. The van der Waals surface area contributed by atoms with Crippen molar-refractivity contribution in [3.05, 3.63) is 10.6 Å². The van der Waals surface area contributed by atoms with E-state index in [0.29, 0.717) is 17.1 Å². The van der Waals surface area contributed by atoms with Gasteiger partial charge in [0.1, 0.15) is 0 Å². The first-order valence-electron chi connectivity index (χ1n) is 8.41. The van der Waals surface area contributed by atoms with E-state index in [2.05, 4.69) is 16.8 Å². The number of likely N-dealkylation sites (N-methyl/N-ethyl adjacent to an activating group) is 1. The molecule has 0 saturated carbocycles. The lowest BCUT2D eigenvalue weighted by molar-refractivity contribution is 0.127. The Kier molecular flexibility index (Phi) is 5.06. The van der Waals surface area contributed by atoms with Gasteiger partial charge in [0.15, 0.2) is 5.13 Å². The van der Waals surface area contributed by atoms with Crippen LogP contribution in [0.5, 0.6) is 0 Å². The third-order valence-corrected chi connectivity index (χ3v) is 6.01. The fourth-order valence-electron chi connectivity index (χ4n) is 3.83. The molecule has 0 aromatic carbocycles. The Balaban J connectivity index is 1.58. The van der Waals surface area contributed by atoms with Crippen LogP contribution in [0.15, 0.2) is 0 Å². The summed E-state index contributed by atoms with van der Waals surface area (Å²) in [5, 5.41) is 0.697. The molecule has 1 amide bonds. The number of nitrogen functional groups attached to an aromatic ring is 1. The second-order valence-electron chi connectivity index (χ2n) is 6.48. The predicted molar refractivity (Wildman–Crippen MR) is 91.7 cm³/mol. The highest BCUT2D eigenvalue weighted by Crippen LogP contribution is 2.31. The number of nitrogens with zero attached hydrogens (tertiary/aromatic N) is 3. The van der Waals surface area contributed by atoms with Crippen molar-refractivity contribution in [1.82, 2.24) is 14.8 Å². The monoisotopic (exact) mass is 338 g/mol. The maximum absolute atomic E-state index is 11.6. The van der Waals surface area contributed by atoms with Crippen LogP contribution in [0.25, 0.3) is 0 Å². The molecule has 1 aliphatic heterocycles. The Bertz CT molecular complexity index is 562. The van der Waals surface area contributed by atoms with Crippen molar-refractivity contribution < 1.29 is 9.53 Å². The van der Waals surface area contributed by atoms with Gasteiger partial charge in [0.25, 0.3) is 0 Å². The summed E-state index contributed by atoms with van der Waals surface area (Å²) in [5.41, 5.74) is 7.05. The lowest BCUT2D eigenvalue weighted by atomic mass is 9.95. The van der Waals surface area contributed by atoms with Crippen LogP contribution in [-0.4, -0.2) is 60.2 Å². The van der Waals surface area contributed by atoms with Gasteiger partial charge >= 0.3 is 6.09 Å². The van der Waals surface area contributed by atoms with Crippen LogP contribution in [-0.2, 0) is 17.6 Å². The zero-order chi connectivity index (χ0) is 16.4. The highest BCUT2D eigenvalue weighted by molar-refractivity contribution is 7.15. The molecule has 3 rings (SSSR count). The minimum absolute atomic E-state index is 0.196. The van der Waals surface area contributed by atoms with Gasteiger partial charge in [-0.25, -0.2) is 9.78 Å². The summed E-state index contributed by atoms with van der Waals surface area (Å²) in [7, 11) is 1.45. The van der Waals surface area contributed by atoms with Gasteiger partial charge in [-0.1, -0.05) is 6.92 Å². The minimum Gasteiger partial charge on any atom is -0.453 e. The maximum Gasteiger partial charge on any atom is 0.409 e. The van der Waals surface area contributed by atoms with Crippen LogP contribution in [0.2, 0.25) is 0 Å². The predicted octanol–water partition coefficient (Wildman–Crippen LogP) is 1.99. The van der Waals surface area contributed by atoms with E-state index in [1.165, 1.54) is 17.7 Å². The second kappa shape index (κ2) is 7.05. The van der Waals surface area contributed by atoms with Crippen LogP contribution in [0.3, 0.4) is 0 Å². The Morgan fingerprint density at radius 1 is 1.52 bits per heavy atom. The molecule has 2 aliphatic rings. The highest BCUT2D eigenvalue weighted by Gasteiger charge is 2.31. The number of anilines is 1. The molecule has 2 heterocycles. The molecule has 1 aromatic rings. The fraction of sp³-hybridized carbons (Fsp3) is 0.750. The number of methoxy groups -OCH3 is 1. The van der Waals surface area contributed by atoms with E-state index in [1.807, 2.05) is 4.90 Å². The first-order chi connectivity index (χ1) is 11.1. The quantitative estimate of drug-likeness (QED) is 0.909. The number of aryl methyl sites for hydroxylation is 1. The number of carbonyl (C=O) groups excluding carboxylic acids is 1. The van der Waals surface area contributed by atoms with Crippen LogP contribution < -0.4 is 5.73 Å². The van der Waals surface area contributed by atoms with Gasteiger partial charge in [-0.3, -0.25) is 4.90 Å². The number of nitrogens with two attached hydrogens (primary N) is 1. The van der Waals surface area contributed by atoms with Crippen LogP contribution in [0, 0.1) is 5.92 Å². The number of aromatic nitrogens is 1. The number of hydrogen-bond acceptors (Lipinski definition) is 6. The van der Waals surface area contributed by atoms with E-state index in [-0.39, 0.29) is 6.09 Å². The minimum atomic E-state index is -0.196. The molecule has 1 aliphatic carbocycles. The van der Waals surface area contributed by atoms with E-state index < -0.39 is 0 Å². The third kappa shape index (κ3) is 3.61. The van der Waals surface area contributed by atoms with Gasteiger partial charge in [0.2, 0.25) is 0 Å². The number of ether oxygens (including phenoxy) is 1. The summed E-state index contributed by atoms with van der Waals surface area (Å²) in [6.07, 6.45) is 4.11. The van der Waals surface area contributed by atoms with Gasteiger partial charge in [-0.15, -0.1) is 11.3 Å². The summed E-state index contributed by atoms with van der Waals surface area (Å²) in [6.45, 7) is 5.95. The second-order valence-corrected chi connectivity index (χ2v) is 7.59. The van der Waals surface area contributed by atoms with E-state index in [0.717, 1.165) is 51.9 Å². The molecule has 23 heavy (non-hydrogen) atoms. The first-order valence-corrected chi connectivity index (χ1v) is 9.23. The van der Waals surface area contributed by atoms with E-state index >= 15 is 0 Å². The van der Waals surface area contributed by atoms with Gasteiger partial charge in [-0.2, -0.15) is 0 Å². The smallest absolute Gasteiger partial charge is 0.409 e. The molecule has 2 unspecified atom stereocenters. The van der Waals surface area contributed by atoms with Crippen LogP contribution in [0.1, 0.15) is 30.3 Å². The third-order valence-electron chi connectivity index (χ3n) is 5.06. The molecule has 0 radical (unpaired) electrons. The largest absolute Gasteiger partial charge is 0.453 e. The van der Waals surface area contributed by atoms with Crippen molar-refractivity contribution in [2.75, 3.05) is 39.0 Å². The SMILES string of the molecule is CCN(CC1CCN(C(=O)OC)C1)C1CCc2nc(N)sc2C1. The summed E-state index contributed by atoms with van der Waals surface area (Å²) >= 11 is 1.64. The number of likely N-dealkylation sites (tertiary alicyclic amines) is 1. The van der Waals surface area contributed by atoms with Crippen molar-refractivity contribution in [3.8, 4) is 0 Å². The lowest BCUT2D eigenvalue weighted by Gasteiger charge is -2.34. The Morgan fingerprint density at radius 3 is 3.09 bits per heavy atom. The number of hydrogen-bond donors (Lipinski definition) is 1. The zero-order valence-electron chi connectivity index (χ0n) is 14.0. The molecule has 2 N–H and O–H groups in total. The maximum atomic E-state index is 11.6. The van der Waals surface area contributed by atoms with Crippen LogP contribution >= 0.6 is 11.3 Å². The fourth-order valence-corrected chi connectivity index (χ4v) is 4.78. The molecular formula is C16H26N4O2S. The van der Waals surface area contributed by atoms with Gasteiger partial charge in [-0.05, 0) is 38.1 Å².